The highest BCUT2D eigenvalue weighted by Gasteiger charge is 2.50. The molecule has 0 saturated carbocycles. The number of hydrogen-bond donors (Lipinski definition) is 2. The predicted octanol–water partition coefficient (Wildman–Crippen LogP) is 3.45. The van der Waals surface area contributed by atoms with Gasteiger partial charge in [-0.05, 0) is 49.1 Å². The number of hydrogen-bond acceptors (Lipinski definition) is 7. The fourth-order valence-corrected chi connectivity index (χ4v) is 5.05. The van der Waals surface area contributed by atoms with Crippen LogP contribution in [0.1, 0.15) is 40.8 Å². The van der Waals surface area contributed by atoms with Gasteiger partial charge in [0.2, 0.25) is 5.88 Å². The van der Waals surface area contributed by atoms with Gasteiger partial charge in [-0.1, -0.05) is 42.5 Å². The van der Waals surface area contributed by atoms with E-state index in [1.54, 1.807) is 18.2 Å². The van der Waals surface area contributed by atoms with Gasteiger partial charge in [-0.3, -0.25) is 0 Å². The molecule has 35 heavy (non-hydrogen) atoms. The lowest BCUT2D eigenvalue weighted by Gasteiger charge is -2.39. The molecule has 3 N–H and O–H groups in total. The summed E-state index contributed by atoms with van der Waals surface area (Å²) in [6, 6.07) is 23.3. The maximum absolute atomic E-state index is 11.9. The van der Waals surface area contributed by atoms with Crippen molar-refractivity contribution in [3.05, 3.63) is 88.6 Å². The molecule has 0 aliphatic carbocycles. The van der Waals surface area contributed by atoms with Gasteiger partial charge in [-0.25, -0.2) is 4.98 Å². The molecular formula is C28H28N4O3. The van der Waals surface area contributed by atoms with Crippen molar-refractivity contribution < 1.29 is 14.6 Å². The summed E-state index contributed by atoms with van der Waals surface area (Å²) in [5, 5.41) is 30.4. The van der Waals surface area contributed by atoms with Crippen molar-refractivity contribution in [2.45, 2.75) is 30.8 Å². The number of aromatic nitrogens is 1. The highest BCUT2D eigenvalue weighted by molar-refractivity contribution is 5.53. The molecule has 1 aliphatic rings. The summed E-state index contributed by atoms with van der Waals surface area (Å²) in [4.78, 5) is 4.30. The number of aliphatic hydroxyl groups is 1. The zero-order valence-electron chi connectivity index (χ0n) is 19.8. The lowest BCUT2D eigenvalue weighted by atomic mass is 9.68. The van der Waals surface area contributed by atoms with Crippen molar-refractivity contribution >= 4 is 0 Å². The molecule has 0 saturated heterocycles. The van der Waals surface area contributed by atoms with Crippen LogP contribution in [0.2, 0.25) is 0 Å². The summed E-state index contributed by atoms with van der Waals surface area (Å²) in [7, 11) is 1.49. The first-order valence-electron chi connectivity index (χ1n) is 11.5. The second-order valence-corrected chi connectivity index (χ2v) is 9.08. The molecule has 0 unspecified atom stereocenters. The van der Waals surface area contributed by atoms with Crippen LogP contribution >= 0.6 is 0 Å². The second kappa shape index (κ2) is 10.1. The molecule has 0 amide bonds. The molecule has 4 rings (SSSR count). The molecule has 3 aromatic rings. The molecule has 2 aromatic carbocycles. The molecule has 7 heteroatoms. The first-order chi connectivity index (χ1) is 16.9. The Hall–Kier alpha value is -3.91. The number of aliphatic hydroxyl groups excluding tert-OH is 1. The smallest absolute Gasteiger partial charge is 0.222 e. The average Bonchev–Trinajstić information content (AvgIpc) is 3.26. The van der Waals surface area contributed by atoms with E-state index >= 15 is 0 Å². The van der Waals surface area contributed by atoms with Crippen molar-refractivity contribution in [1.29, 1.82) is 10.5 Å². The van der Waals surface area contributed by atoms with Gasteiger partial charge >= 0.3 is 0 Å². The third kappa shape index (κ3) is 4.57. The zero-order valence-corrected chi connectivity index (χ0v) is 19.8. The molecule has 0 radical (unpaired) electrons. The van der Waals surface area contributed by atoms with Gasteiger partial charge in [-0.2, -0.15) is 10.5 Å². The summed E-state index contributed by atoms with van der Waals surface area (Å²) in [5.41, 5.74) is 9.06. The Morgan fingerprint density at radius 3 is 2.46 bits per heavy atom. The van der Waals surface area contributed by atoms with E-state index in [0.29, 0.717) is 23.3 Å². The maximum Gasteiger partial charge on any atom is 0.222 e. The summed E-state index contributed by atoms with van der Waals surface area (Å²) in [5.74, 6) is 0.349. The molecule has 7 nitrogen and oxygen atoms in total. The van der Waals surface area contributed by atoms with Crippen molar-refractivity contribution in [2.75, 3.05) is 20.3 Å². The van der Waals surface area contributed by atoms with Crippen LogP contribution in [0.3, 0.4) is 0 Å². The standard InChI is InChI=1S/C28H28N4O3/c1-28(17-35-24-13-21(15-30)32-27(34-2)25(24)28)26(33)23(16-31)22(20-6-4-3-5-7-20)12-18-8-10-19(14-29)11-9-18/h3-11,13,22-23,26,33H,12,16-17,31H2,1-2H3/t22-,23-,26-,28-/m1/s1. The Balaban J connectivity index is 1.74. The summed E-state index contributed by atoms with van der Waals surface area (Å²) >= 11 is 0. The minimum Gasteiger partial charge on any atom is -0.492 e. The first-order valence-corrected chi connectivity index (χ1v) is 11.5. The van der Waals surface area contributed by atoms with Crippen LogP contribution in [0.4, 0.5) is 0 Å². The number of rotatable bonds is 8. The Labute approximate surface area is 205 Å². The van der Waals surface area contributed by atoms with Crippen molar-refractivity contribution in [3.63, 3.8) is 0 Å². The fourth-order valence-electron chi connectivity index (χ4n) is 5.05. The van der Waals surface area contributed by atoms with E-state index in [-0.39, 0.29) is 36.6 Å². The third-order valence-corrected chi connectivity index (χ3v) is 6.97. The van der Waals surface area contributed by atoms with Gasteiger partial charge in [0.1, 0.15) is 24.1 Å². The lowest BCUT2D eigenvalue weighted by molar-refractivity contribution is 0.0168. The molecular weight excluding hydrogens is 440 g/mol. The second-order valence-electron chi connectivity index (χ2n) is 9.08. The topological polar surface area (TPSA) is 125 Å². The highest BCUT2D eigenvalue weighted by Crippen LogP contribution is 2.49. The number of nitrogens with two attached hydrogens (primary N) is 1. The van der Waals surface area contributed by atoms with E-state index in [2.05, 4.69) is 11.1 Å². The van der Waals surface area contributed by atoms with Gasteiger partial charge in [0.25, 0.3) is 0 Å². The van der Waals surface area contributed by atoms with Gasteiger partial charge in [0, 0.05) is 12.0 Å². The number of fused-ring (bicyclic) bond motifs is 1. The Morgan fingerprint density at radius 1 is 1.14 bits per heavy atom. The van der Waals surface area contributed by atoms with Crippen LogP contribution in [-0.2, 0) is 11.8 Å². The van der Waals surface area contributed by atoms with Gasteiger partial charge in [0.15, 0.2) is 0 Å². The Kier molecular flexibility index (Phi) is 7.02. The van der Waals surface area contributed by atoms with Crippen molar-refractivity contribution in [3.8, 4) is 23.8 Å². The largest absolute Gasteiger partial charge is 0.492 e. The molecule has 1 aromatic heterocycles. The summed E-state index contributed by atoms with van der Waals surface area (Å²) < 4.78 is 11.5. The van der Waals surface area contributed by atoms with E-state index in [4.69, 9.17) is 20.5 Å². The third-order valence-electron chi connectivity index (χ3n) is 6.97. The van der Waals surface area contributed by atoms with Crippen molar-refractivity contribution in [2.24, 2.45) is 11.7 Å². The highest BCUT2D eigenvalue weighted by atomic mass is 16.5. The number of pyridine rings is 1. The van der Waals surface area contributed by atoms with Crippen LogP contribution in [0.25, 0.3) is 0 Å². The van der Waals surface area contributed by atoms with E-state index in [9.17, 15) is 10.4 Å². The maximum atomic E-state index is 11.9. The van der Waals surface area contributed by atoms with E-state index in [1.165, 1.54) is 7.11 Å². The average molecular weight is 469 g/mol. The Morgan fingerprint density at radius 2 is 1.86 bits per heavy atom. The molecule has 1 aliphatic heterocycles. The Bertz CT molecular complexity index is 1260. The number of methoxy groups -OCH3 is 1. The molecule has 178 valence electrons. The van der Waals surface area contributed by atoms with Crippen LogP contribution in [0, 0.1) is 28.6 Å². The monoisotopic (exact) mass is 468 g/mol. The number of nitrogens with zero attached hydrogens (tertiary/aromatic N) is 3. The molecule has 0 fully saturated rings. The number of ether oxygens (including phenoxy) is 2. The van der Waals surface area contributed by atoms with Crippen LogP contribution in [0.15, 0.2) is 60.7 Å². The van der Waals surface area contributed by atoms with E-state index in [1.807, 2.05) is 55.5 Å². The first kappa shape index (κ1) is 24.2. The minimum absolute atomic E-state index is 0.0950. The molecule has 0 spiro atoms. The molecule has 0 bridgehead atoms. The number of benzene rings is 2. The fraction of sp³-hybridized carbons (Fsp3) is 0.321. The quantitative estimate of drug-likeness (QED) is 0.519. The predicted molar refractivity (Wildman–Crippen MR) is 131 cm³/mol. The SMILES string of the molecule is COc1nc(C#N)cc2c1[C@](C)([C@H](O)[C@H](CN)[C@H](Cc1ccc(C#N)cc1)c1ccccc1)CO2. The minimum atomic E-state index is -0.888. The normalized spacial score (nSPS) is 18.9. The van der Waals surface area contributed by atoms with E-state index in [0.717, 1.165) is 11.1 Å². The zero-order chi connectivity index (χ0) is 25.0. The summed E-state index contributed by atoms with van der Waals surface area (Å²) in [6.45, 7) is 2.38. The van der Waals surface area contributed by atoms with E-state index < -0.39 is 11.5 Å². The summed E-state index contributed by atoms with van der Waals surface area (Å²) in [6.07, 6.45) is -0.248. The van der Waals surface area contributed by atoms with Crippen molar-refractivity contribution in [1.82, 2.24) is 4.98 Å². The van der Waals surface area contributed by atoms with Crippen LogP contribution in [0.5, 0.6) is 11.6 Å². The molecule has 4 atom stereocenters. The van der Waals surface area contributed by atoms with Gasteiger partial charge in [-0.15, -0.1) is 0 Å². The molecule has 2 heterocycles. The van der Waals surface area contributed by atoms with Crippen LogP contribution < -0.4 is 15.2 Å². The lowest BCUT2D eigenvalue weighted by Crippen LogP contribution is -2.48. The van der Waals surface area contributed by atoms with Crippen LogP contribution in [-0.4, -0.2) is 36.5 Å². The number of nitriles is 2. The van der Waals surface area contributed by atoms with Gasteiger partial charge < -0.3 is 20.3 Å². The van der Waals surface area contributed by atoms with Gasteiger partial charge in [0.05, 0.1) is 35.8 Å².